The number of nitrogens with zero attached hydrogens (tertiary/aromatic N) is 3. The van der Waals surface area contributed by atoms with Crippen LogP contribution in [0.4, 0.5) is 26.3 Å². The Hall–Kier alpha value is -3.70. The summed E-state index contributed by atoms with van der Waals surface area (Å²) in [6, 6.07) is 10.7. The fourth-order valence-electron chi connectivity index (χ4n) is 4.51. The van der Waals surface area contributed by atoms with E-state index in [9.17, 15) is 31.6 Å². The first-order valence-electron chi connectivity index (χ1n) is 10.1. The van der Waals surface area contributed by atoms with Crippen LogP contribution in [0.3, 0.4) is 0 Å². The Labute approximate surface area is 190 Å². The molecular formula is C24H17F6N4+. The van der Waals surface area contributed by atoms with Crippen molar-refractivity contribution in [2.45, 2.75) is 26.2 Å². The molecule has 1 N–H and O–H groups in total. The molecule has 4 rings (SSSR count). The molecule has 2 aromatic rings. The van der Waals surface area contributed by atoms with Crippen molar-refractivity contribution in [2.75, 3.05) is 0 Å². The molecule has 0 radical (unpaired) electrons. The van der Waals surface area contributed by atoms with Gasteiger partial charge >= 0.3 is 18.0 Å². The van der Waals surface area contributed by atoms with Crippen LogP contribution in [0.2, 0.25) is 0 Å². The predicted molar refractivity (Wildman–Crippen MR) is 111 cm³/mol. The zero-order chi connectivity index (χ0) is 25.1. The van der Waals surface area contributed by atoms with Crippen molar-refractivity contribution in [1.29, 1.82) is 10.7 Å². The predicted octanol–water partition coefficient (Wildman–Crippen LogP) is 5.87. The average molecular weight is 475 g/mol. The summed E-state index contributed by atoms with van der Waals surface area (Å²) in [6.07, 6.45) is -9.02. The number of halogens is 6. The zero-order valence-corrected chi connectivity index (χ0v) is 17.9. The fraction of sp³-hybridized carbons (Fsp3) is 0.292. The van der Waals surface area contributed by atoms with E-state index in [2.05, 4.69) is 5.10 Å². The summed E-state index contributed by atoms with van der Waals surface area (Å²) >= 11 is 0. The maximum absolute atomic E-state index is 13.0. The maximum atomic E-state index is 13.0. The molecule has 0 amide bonds. The molecule has 0 aromatic heterocycles. The smallest absolute Gasteiger partial charge is 0.252 e. The van der Waals surface area contributed by atoms with Gasteiger partial charge < -0.3 is 0 Å². The minimum Gasteiger partial charge on any atom is -0.252 e. The molecule has 34 heavy (non-hydrogen) atoms. The number of hydrazone groups is 1. The number of nitrogens with one attached hydrogen (secondary N) is 1. The van der Waals surface area contributed by atoms with Gasteiger partial charge in [-0.3, -0.25) is 5.41 Å². The van der Waals surface area contributed by atoms with Crippen LogP contribution in [0.25, 0.3) is 0 Å². The van der Waals surface area contributed by atoms with E-state index in [4.69, 9.17) is 5.41 Å². The van der Waals surface area contributed by atoms with Gasteiger partial charge in [0.1, 0.15) is 5.71 Å². The molecule has 2 atom stereocenters. The van der Waals surface area contributed by atoms with E-state index in [1.54, 1.807) is 0 Å². The highest BCUT2D eigenvalue weighted by Gasteiger charge is 2.68. The summed E-state index contributed by atoms with van der Waals surface area (Å²) in [4.78, 5) is 0. The standard InChI is InChI=1S/C24H17F6N4/c1-22(2)18-19(22)21(14-5-9-16(10-6-14)24(28,29)30)34(17(11-31)12-32)33-20(18)13-3-7-15(8-4-13)23(25,26)27/h3-10,18-19,31H,1-2H3/q+1. The summed E-state index contributed by atoms with van der Waals surface area (Å²) in [5, 5.41) is 21.5. The van der Waals surface area contributed by atoms with Gasteiger partial charge in [0.25, 0.3) is 0 Å². The summed E-state index contributed by atoms with van der Waals surface area (Å²) in [5.41, 5.74) is -0.692. The lowest BCUT2D eigenvalue weighted by Crippen LogP contribution is -2.28. The van der Waals surface area contributed by atoms with Gasteiger partial charge in [0.15, 0.2) is 6.07 Å². The highest BCUT2D eigenvalue weighted by Crippen LogP contribution is 2.62. The highest BCUT2D eigenvalue weighted by molar-refractivity contribution is 6.13. The van der Waals surface area contributed by atoms with Crippen LogP contribution in [0.15, 0.2) is 59.3 Å². The van der Waals surface area contributed by atoms with Gasteiger partial charge in [0.05, 0.1) is 22.9 Å². The third-order valence-electron chi connectivity index (χ3n) is 6.30. The average Bonchev–Trinajstić information content (AvgIpc) is 3.35. The van der Waals surface area contributed by atoms with Gasteiger partial charge in [-0.1, -0.05) is 26.0 Å². The lowest BCUT2D eigenvalue weighted by Gasteiger charge is -2.13. The number of rotatable bonds is 3. The molecule has 1 fully saturated rings. The SMILES string of the molecule is CC1(C)C2C(c3ccc(C(F)(F)F)cc3)=N[N+](C(=C=N)C#N)=C(c3ccc(C(F)(F)F)cc3)C21. The van der Waals surface area contributed by atoms with Gasteiger partial charge in [0.2, 0.25) is 5.71 Å². The second-order valence-electron chi connectivity index (χ2n) is 8.69. The molecule has 174 valence electrons. The summed E-state index contributed by atoms with van der Waals surface area (Å²) in [6.45, 7) is 3.82. The van der Waals surface area contributed by atoms with Crippen molar-refractivity contribution in [2.24, 2.45) is 22.4 Å². The zero-order valence-electron chi connectivity index (χ0n) is 17.9. The van der Waals surface area contributed by atoms with Crippen LogP contribution >= 0.6 is 0 Å². The van der Waals surface area contributed by atoms with Crippen molar-refractivity contribution >= 4 is 17.3 Å². The second-order valence-corrected chi connectivity index (χ2v) is 8.69. The molecule has 1 saturated carbocycles. The van der Waals surface area contributed by atoms with Crippen LogP contribution in [-0.2, 0) is 12.4 Å². The van der Waals surface area contributed by atoms with E-state index in [1.807, 2.05) is 25.8 Å². The minimum atomic E-state index is -4.52. The van der Waals surface area contributed by atoms with Gasteiger partial charge in [-0.2, -0.15) is 31.6 Å². The third kappa shape index (κ3) is 3.82. The number of hydrogen-bond donors (Lipinski definition) is 1. The number of allylic oxidation sites excluding steroid dienone is 1. The molecule has 1 heterocycles. The quantitative estimate of drug-likeness (QED) is 0.257. The van der Waals surface area contributed by atoms with Gasteiger partial charge in [0, 0.05) is 22.1 Å². The van der Waals surface area contributed by atoms with Crippen LogP contribution in [0, 0.1) is 34.0 Å². The Morgan fingerprint density at radius 3 is 1.76 bits per heavy atom. The number of hydrogen-bond acceptors (Lipinski definition) is 3. The summed E-state index contributed by atoms with van der Waals surface area (Å²) in [5.74, 6) is 1.46. The lowest BCUT2D eigenvalue weighted by molar-refractivity contribution is -0.476. The second kappa shape index (κ2) is 7.67. The molecule has 1 aliphatic heterocycles. The molecular weight excluding hydrogens is 458 g/mol. The van der Waals surface area contributed by atoms with E-state index in [0.29, 0.717) is 22.6 Å². The first-order chi connectivity index (χ1) is 15.8. The van der Waals surface area contributed by atoms with Gasteiger partial charge in [-0.15, -0.1) is 0 Å². The van der Waals surface area contributed by atoms with Crippen LogP contribution < -0.4 is 0 Å². The molecule has 1 aliphatic carbocycles. The Kier molecular flexibility index (Phi) is 5.29. The molecule has 0 bridgehead atoms. The number of nitriles is 1. The summed E-state index contributed by atoms with van der Waals surface area (Å²) < 4.78 is 79.2. The molecule has 0 saturated heterocycles. The Morgan fingerprint density at radius 1 is 0.882 bits per heavy atom. The summed E-state index contributed by atoms with van der Waals surface area (Å²) in [7, 11) is 0. The monoisotopic (exact) mass is 475 g/mol. The van der Waals surface area contributed by atoms with Crippen LogP contribution in [0.5, 0.6) is 0 Å². The van der Waals surface area contributed by atoms with Crippen molar-refractivity contribution in [3.05, 3.63) is 76.5 Å². The largest absolute Gasteiger partial charge is 0.416 e. The Bertz CT molecular complexity index is 1300. The number of fused-ring (bicyclic) bond motifs is 1. The highest BCUT2D eigenvalue weighted by atomic mass is 19.4. The van der Waals surface area contributed by atoms with Crippen LogP contribution in [-0.4, -0.2) is 22.0 Å². The fourth-order valence-corrected chi connectivity index (χ4v) is 4.51. The van der Waals surface area contributed by atoms with E-state index in [1.165, 1.54) is 28.9 Å². The van der Waals surface area contributed by atoms with Crippen molar-refractivity contribution in [1.82, 2.24) is 0 Å². The molecule has 0 spiro atoms. The topological polar surface area (TPSA) is 63.0 Å². The Balaban J connectivity index is 1.90. The number of alkyl halides is 6. The van der Waals surface area contributed by atoms with Gasteiger partial charge in [-0.05, 0) is 46.5 Å². The van der Waals surface area contributed by atoms with Crippen molar-refractivity contribution < 1.29 is 31.0 Å². The van der Waals surface area contributed by atoms with Crippen molar-refractivity contribution in [3.8, 4) is 6.07 Å². The molecule has 4 nitrogen and oxygen atoms in total. The molecule has 10 heteroatoms. The van der Waals surface area contributed by atoms with Crippen molar-refractivity contribution in [3.63, 3.8) is 0 Å². The third-order valence-corrected chi connectivity index (χ3v) is 6.30. The Morgan fingerprint density at radius 2 is 1.35 bits per heavy atom. The minimum absolute atomic E-state index is 0.247. The van der Waals surface area contributed by atoms with E-state index < -0.39 is 28.9 Å². The van der Waals surface area contributed by atoms with Gasteiger partial charge in [-0.25, -0.2) is 0 Å². The van der Waals surface area contributed by atoms with E-state index in [-0.39, 0.29) is 17.5 Å². The first-order valence-corrected chi connectivity index (χ1v) is 10.1. The van der Waals surface area contributed by atoms with E-state index >= 15 is 0 Å². The molecule has 2 aliphatic rings. The normalized spacial score (nSPS) is 21.2. The maximum Gasteiger partial charge on any atom is 0.416 e. The van der Waals surface area contributed by atoms with Crippen LogP contribution in [0.1, 0.15) is 36.1 Å². The first kappa shape index (κ1) is 23.5. The number of benzene rings is 2. The lowest BCUT2D eigenvalue weighted by atomic mass is 9.97. The molecule has 2 unspecified atom stereocenters. The van der Waals surface area contributed by atoms with E-state index in [0.717, 1.165) is 24.3 Å². The molecule has 2 aromatic carbocycles.